The third kappa shape index (κ3) is 7.08. The van der Waals surface area contributed by atoms with Crippen LogP contribution < -0.4 is 0 Å². The number of thioether (sulfide) groups is 1. The quantitative estimate of drug-likeness (QED) is 0.276. The van der Waals surface area contributed by atoms with Gasteiger partial charge in [-0.05, 0) is 6.42 Å². The maximum absolute atomic E-state index is 12.2. The van der Waals surface area contributed by atoms with Crippen LogP contribution in [0.1, 0.15) is 51.9 Å². The number of unbranched alkanes of at least 4 members (excludes halogenated alkanes) is 5. The van der Waals surface area contributed by atoms with Crippen molar-refractivity contribution in [3.63, 3.8) is 0 Å². The Morgan fingerprint density at radius 3 is 2.59 bits per heavy atom. The molecule has 2 aliphatic heterocycles. The minimum atomic E-state index is -3.68. The molecule has 0 saturated carbocycles. The van der Waals surface area contributed by atoms with Crippen molar-refractivity contribution in [2.45, 2.75) is 81.7 Å². The van der Waals surface area contributed by atoms with Gasteiger partial charge in [0.25, 0.3) is 0 Å². The number of hydrogen-bond acceptors (Lipinski definition) is 8. The van der Waals surface area contributed by atoms with Gasteiger partial charge in [0.15, 0.2) is 0 Å². The third-order valence-electron chi connectivity index (χ3n) is 4.79. The van der Waals surface area contributed by atoms with Crippen LogP contribution in [0.15, 0.2) is 4.99 Å². The molecule has 4 N–H and O–H groups in total. The van der Waals surface area contributed by atoms with E-state index in [9.17, 15) is 24.8 Å². The molecule has 2 aliphatic rings. The summed E-state index contributed by atoms with van der Waals surface area (Å²) in [5.74, 6) is 0. The maximum Gasteiger partial charge on any atom is 0.328 e. The van der Waals surface area contributed by atoms with Gasteiger partial charge in [0.2, 0.25) is 0 Å². The second-order valence-electron chi connectivity index (χ2n) is 7.05. The molecular weight excluding hydrogens is 393 g/mol. The molecular formula is C17H32NO7PS. The molecule has 0 radical (unpaired) electrons. The van der Waals surface area contributed by atoms with E-state index >= 15 is 0 Å². The standard InChI is InChI=1S/C17H32NO7PS/c1-2-3-4-5-6-7-9-24-26(22,23)10-8-13-18-14-16(21)15(20)12(11-19)25-17(14)27-13/h12,14-17,19-21H,2-11H2,1H3,(H,22,23)/t12-,14-,15-,16-,17?/m1/s1. The summed E-state index contributed by atoms with van der Waals surface area (Å²) >= 11 is 1.26. The van der Waals surface area contributed by atoms with Gasteiger partial charge in [0, 0.05) is 6.42 Å². The predicted octanol–water partition coefficient (Wildman–Crippen LogP) is 1.89. The number of rotatable bonds is 12. The van der Waals surface area contributed by atoms with Crippen molar-refractivity contribution in [1.29, 1.82) is 0 Å². The minimum Gasteiger partial charge on any atom is -0.394 e. The summed E-state index contributed by atoms with van der Waals surface area (Å²) in [5.41, 5.74) is -0.502. The van der Waals surface area contributed by atoms with E-state index in [2.05, 4.69) is 11.9 Å². The molecule has 158 valence electrons. The maximum atomic E-state index is 12.2. The van der Waals surface area contributed by atoms with Crippen LogP contribution >= 0.6 is 19.4 Å². The first-order chi connectivity index (χ1) is 12.9. The molecule has 0 spiro atoms. The Balaban J connectivity index is 1.70. The Kier molecular flexibility index (Phi) is 9.71. The monoisotopic (exact) mass is 425 g/mol. The molecule has 27 heavy (non-hydrogen) atoms. The van der Waals surface area contributed by atoms with Crippen LogP contribution in [0.3, 0.4) is 0 Å². The van der Waals surface area contributed by atoms with Crippen LogP contribution in [0.4, 0.5) is 0 Å². The highest BCUT2D eigenvalue weighted by Gasteiger charge is 2.47. The average molecular weight is 425 g/mol. The Bertz CT molecular complexity index is 535. The van der Waals surface area contributed by atoms with Crippen LogP contribution in [-0.2, 0) is 13.8 Å². The summed E-state index contributed by atoms with van der Waals surface area (Å²) in [6.07, 6.45) is 3.49. The van der Waals surface area contributed by atoms with Gasteiger partial charge in [-0.15, -0.1) is 0 Å². The highest BCUT2D eigenvalue weighted by atomic mass is 32.2. The van der Waals surface area contributed by atoms with Crippen molar-refractivity contribution in [2.24, 2.45) is 4.99 Å². The molecule has 1 saturated heterocycles. The van der Waals surface area contributed by atoms with Crippen LogP contribution in [0, 0.1) is 0 Å². The van der Waals surface area contributed by atoms with Crippen molar-refractivity contribution in [2.75, 3.05) is 19.4 Å². The van der Waals surface area contributed by atoms with Crippen LogP contribution in [0.25, 0.3) is 0 Å². The van der Waals surface area contributed by atoms with Gasteiger partial charge in [-0.3, -0.25) is 9.56 Å². The number of aliphatic hydroxyl groups excluding tert-OH is 3. The minimum absolute atomic E-state index is 0.0455. The molecule has 2 rings (SSSR count). The summed E-state index contributed by atoms with van der Waals surface area (Å²) in [7, 11) is -3.68. The topological polar surface area (TPSA) is 129 Å². The van der Waals surface area contributed by atoms with Gasteiger partial charge in [-0.25, -0.2) is 0 Å². The molecule has 2 heterocycles. The molecule has 0 aromatic carbocycles. The van der Waals surface area contributed by atoms with E-state index in [4.69, 9.17) is 9.26 Å². The summed E-state index contributed by atoms with van der Waals surface area (Å²) in [6.45, 7) is 2.04. The lowest BCUT2D eigenvalue weighted by Crippen LogP contribution is -2.55. The molecule has 0 aromatic rings. The number of hydrogen-bond donors (Lipinski definition) is 4. The zero-order valence-corrected chi connectivity index (χ0v) is 17.5. The van der Waals surface area contributed by atoms with Gasteiger partial charge in [0.1, 0.15) is 29.8 Å². The zero-order chi connectivity index (χ0) is 19.9. The third-order valence-corrected chi connectivity index (χ3v) is 7.37. The Morgan fingerprint density at radius 1 is 1.19 bits per heavy atom. The fraction of sp³-hybridized carbons (Fsp3) is 0.941. The fourth-order valence-electron chi connectivity index (χ4n) is 3.15. The molecule has 6 atom stereocenters. The first-order valence-corrected chi connectivity index (χ1v) is 12.3. The second-order valence-corrected chi connectivity index (χ2v) is 10.2. The molecule has 0 aliphatic carbocycles. The lowest BCUT2D eigenvalue weighted by molar-refractivity contribution is -0.164. The second kappa shape index (κ2) is 11.3. The normalized spacial score (nSPS) is 32.8. The van der Waals surface area contributed by atoms with E-state index in [0.717, 1.165) is 19.3 Å². The molecule has 8 nitrogen and oxygen atoms in total. The Morgan fingerprint density at radius 2 is 1.89 bits per heavy atom. The number of aliphatic hydroxyl groups is 3. The highest BCUT2D eigenvalue weighted by molar-refractivity contribution is 8.14. The summed E-state index contributed by atoms with van der Waals surface area (Å²) in [5, 5.41) is 29.8. The molecule has 10 heteroatoms. The first-order valence-electron chi connectivity index (χ1n) is 9.70. The van der Waals surface area contributed by atoms with Gasteiger partial charge < -0.3 is 29.5 Å². The molecule has 0 amide bonds. The van der Waals surface area contributed by atoms with Crippen LogP contribution in [0.5, 0.6) is 0 Å². The van der Waals surface area contributed by atoms with E-state index < -0.39 is 44.0 Å². The van der Waals surface area contributed by atoms with Gasteiger partial charge in [-0.1, -0.05) is 50.8 Å². The molecule has 2 unspecified atom stereocenters. The van der Waals surface area contributed by atoms with E-state index in [1.54, 1.807) is 0 Å². The number of nitrogens with zero attached hydrogens (tertiary/aromatic N) is 1. The zero-order valence-electron chi connectivity index (χ0n) is 15.8. The van der Waals surface area contributed by atoms with Crippen molar-refractivity contribution < 1.29 is 34.0 Å². The number of fused-ring (bicyclic) bond motifs is 1. The van der Waals surface area contributed by atoms with Gasteiger partial charge in [-0.2, -0.15) is 0 Å². The molecule has 0 bridgehead atoms. The van der Waals surface area contributed by atoms with Crippen LogP contribution in [-0.4, -0.2) is 74.4 Å². The summed E-state index contributed by atoms with van der Waals surface area (Å²) in [4.78, 5) is 14.3. The molecule has 1 fully saturated rings. The Hall–Kier alpha value is 0.0100. The molecule has 0 aromatic heterocycles. The lowest BCUT2D eigenvalue weighted by Gasteiger charge is -2.37. The van der Waals surface area contributed by atoms with E-state index in [1.165, 1.54) is 31.0 Å². The van der Waals surface area contributed by atoms with Crippen molar-refractivity contribution in [1.82, 2.24) is 0 Å². The highest BCUT2D eigenvalue weighted by Crippen LogP contribution is 2.45. The van der Waals surface area contributed by atoms with Crippen molar-refractivity contribution in [3.05, 3.63) is 0 Å². The van der Waals surface area contributed by atoms with Crippen molar-refractivity contribution >= 4 is 24.4 Å². The average Bonchev–Trinajstić information content (AvgIpc) is 3.05. The van der Waals surface area contributed by atoms with Gasteiger partial charge >= 0.3 is 7.60 Å². The summed E-state index contributed by atoms with van der Waals surface area (Å²) in [6, 6.07) is -0.634. The van der Waals surface area contributed by atoms with Gasteiger partial charge in [0.05, 0.1) is 24.4 Å². The Labute approximate surface area is 164 Å². The lowest BCUT2D eigenvalue weighted by atomic mass is 9.99. The fourth-order valence-corrected chi connectivity index (χ4v) is 5.57. The first kappa shape index (κ1) is 23.3. The SMILES string of the molecule is CCCCCCCCOP(=O)(O)CCC1=N[C@H]2C(O[C@H](CO)[C@@H](O)[C@@H]2O)S1. The number of aliphatic imine (C=N–C) groups is 1. The summed E-state index contributed by atoms with van der Waals surface area (Å²) < 4.78 is 22.9. The number of ether oxygens (including phenoxy) is 1. The van der Waals surface area contributed by atoms with Crippen molar-refractivity contribution in [3.8, 4) is 0 Å². The largest absolute Gasteiger partial charge is 0.394 e. The van der Waals surface area contributed by atoms with E-state index in [1.807, 2.05) is 0 Å². The van der Waals surface area contributed by atoms with E-state index in [0.29, 0.717) is 5.04 Å². The predicted molar refractivity (Wildman–Crippen MR) is 105 cm³/mol. The van der Waals surface area contributed by atoms with E-state index in [-0.39, 0.29) is 19.2 Å². The smallest absolute Gasteiger partial charge is 0.328 e. The van der Waals surface area contributed by atoms with Crippen LogP contribution in [0.2, 0.25) is 0 Å².